The van der Waals surface area contributed by atoms with Gasteiger partial charge in [-0.2, -0.15) is 5.10 Å². The molecule has 1 aromatic carbocycles. The number of benzene rings is 1. The van der Waals surface area contributed by atoms with E-state index in [2.05, 4.69) is 14.9 Å². The fraction of sp³-hybridized carbons (Fsp3) is 0.524. The fourth-order valence-electron chi connectivity index (χ4n) is 4.40. The maximum absolute atomic E-state index is 13.3. The maximum atomic E-state index is 13.3. The molecule has 154 valence electrons. The van der Waals surface area contributed by atoms with Crippen LogP contribution in [0.2, 0.25) is 0 Å². The minimum absolute atomic E-state index is 0.717. The van der Waals surface area contributed by atoms with Crippen molar-refractivity contribution >= 4 is 16.9 Å². The first-order valence-electron chi connectivity index (χ1n) is 10.5. The van der Waals surface area contributed by atoms with Crippen LogP contribution in [0.4, 0.5) is 0 Å². The van der Waals surface area contributed by atoms with Crippen LogP contribution in [-0.2, 0) is 18.0 Å². The Labute approximate surface area is 174 Å². The van der Waals surface area contributed by atoms with Crippen molar-refractivity contribution < 1.29 is 4.21 Å². The number of nitrogens with zero attached hydrogens (tertiary/aromatic N) is 6. The quantitative estimate of drug-likeness (QED) is 0.770. The van der Waals surface area contributed by atoms with Crippen LogP contribution in [0.25, 0.3) is 11.3 Å². The van der Waals surface area contributed by atoms with Crippen LogP contribution in [0.1, 0.15) is 19.3 Å². The molecular formula is C21H28N6OS. The highest BCUT2D eigenvalue weighted by Crippen LogP contribution is 2.27. The molecule has 3 aliphatic rings. The van der Waals surface area contributed by atoms with Crippen molar-refractivity contribution in [3.63, 3.8) is 0 Å². The summed E-state index contributed by atoms with van der Waals surface area (Å²) in [7, 11) is 0.696. The lowest BCUT2D eigenvalue weighted by molar-refractivity contribution is 0.0834. The average molecular weight is 413 g/mol. The molecule has 1 saturated heterocycles. The predicted octanol–water partition coefficient (Wildman–Crippen LogP) is 1.95. The molecule has 0 bridgehead atoms. The zero-order chi connectivity index (χ0) is 19.8. The monoisotopic (exact) mass is 412 g/mol. The second kappa shape index (κ2) is 7.91. The van der Waals surface area contributed by atoms with Crippen molar-refractivity contribution in [1.82, 2.24) is 23.9 Å². The molecule has 0 radical (unpaired) electrons. The van der Waals surface area contributed by atoms with E-state index in [4.69, 9.17) is 4.99 Å². The minimum Gasteiger partial charge on any atom is -0.339 e. The lowest BCUT2D eigenvalue weighted by Crippen LogP contribution is -2.55. The summed E-state index contributed by atoms with van der Waals surface area (Å²) < 4.78 is 17.1. The van der Waals surface area contributed by atoms with Crippen LogP contribution in [0, 0.1) is 0 Å². The molecule has 2 fully saturated rings. The molecule has 7 nitrogen and oxygen atoms in total. The summed E-state index contributed by atoms with van der Waals surface area (Å²) >= 11 is 0. The second-order valence-corrected chi connectivity index (χ2v) is 9.42. The molecule has 0 amide bonds. The molecule has 1 aromatic heterocycles. The van der Waals surface area contributed by atoms with Gasteiger partial charge in [0.15, 0.2) is 11.0 Å². The van der Waals surface area contributed by atoms with Gasteiger partial charge in [-0.1, -0.05) is 18.6 Å². The van der Waals surface area contributed by atoms with E-state index < -0.39 is 11.0 Å². The first-order chi connectivity index (χ1) is 14.2. The lowest BCUT2D eigenvalue weighted by atomic mass is 9.91. The largest absolute Gasteiger partial charge is 0.339 e. The van der Waals surface area contributed by atoms with Gasteiger partial charge in [0.1, 0.15) is 0 Å². The number of piperazine rings is 1. The van der Waals surface area contributed by atoms with Gasteiger partial charge in [0.25, 0.3) is 0 Å². The molecule has 0 spiro atoms. The van der Waals surface area contributed by atoms with Crippen molar-refractivity contribution in [2.45, 2.75) is 30.2 Å². The number of aliphatic imine (C=N–C) groups is 1. The highest BCUT2D eigenvalue weighted by Gasteiger charge is 2.33. The summed E-state index contributed by atoms with van der Waals surface area (Å²) in [5.74, 6) is 0.910. The molecule has 0 N–H and O–H groups in total. The Balaban J connectivity index is 1.26. The van der Waals surface area contributed by atoms with Crippen LogP contribution in [0.15, 0.2) is 46.4 Å². The Hall–Kier alpha value is -2.19. The summed E-state index contributed by atoms with van der Waals surface area (Å²) in [6, 6.07) is 10.8. The highest BCUT2D eigenvalue weighted by molar-refractivity contribution is 7.83. The van der Waals surface area contributed by atoms with Crippen LogP contribution >= 0.6 is 0 Å². The Morgan fingerprint density at radius 1 is 1.00 bits per heavy atom. The van der Waals surface area contributed by atoms with Gasteiger partial charge in [-0.15, -0.1) is 0 Å². The van der Waals surface area contributed by atoms with Crippen LogP contribution < -0.4 is 0 Å². The Morgan fingerprint density at radius 2 is 1.76 bits per heavy atom. The number of guanidine groups is 1. The third-order valence-electron chi connectivity index (χ3n) is 6.34. The molecule has 2 aromatic rings. The highest BCUT2D eigenvalue weighted by atomic mass is 32.2. The fourth-order valence-corrected chi connectivity index (χ4v) is 5.59. The molecule has 5 rings (SSSR count). The number of aromatic nitrogens is 2. The van der Waals surface area contributed by atoms with Gasteiger partial charge in [0, 0.05) is 45.5 Å². The summed E-state index contributed by atoms with van der Waals surface area (Å²) in [6.07, 6.45) is 5.88. The second-order valence-electron chi connectivity index (χ2n) is 8.01. The Kier molecular flexibility index (Phi) is 5.13. The van der Waals surface area contributed by atoms with E-state index in [1.54, 1.807) is 6.20 Å². The van der Waals surface area contributed by atoms with Crippen LogP contribution in [0.5, 0.6) is 0 Å². The number of rotatable bonds is 4. The molecule has 3 heterocycles. The van der Waals surface area contributed by atoms with E-state index in [0.717, 1.165) is 60.9 Å². The SMILES string of the molecule is Cn1nccc1-c1ccc(S(=O)N2CCN=C2N2CCN(C3CCC3)CC2)cc1. The summed E-state index contributed by atoms with van der Waals surface area (Å²) in [4.78, 5) is 10.5. The molecular weight excluding hydrogens is 384 g/mol. The summed E-state index contributed by atoms with van der Waals surface area (Å²) in [6.45, 7) is 5.56. The zero-order valence-electron chi connectivity index (χ0n) is 16.9. The summed E-state index contributed by atoms with van der Waals surface area (Å²) in [5.41, 5.74) is 2.13. The van der Waals surface area contributed by atoms with Gasteiger partial charge in [-0.3, -0.25) is 18.9 Å². The third kappa shape index (κ3) is 3.59. The molecule has 1 aliphatic carbocycles. The van der Waals surface area contributed by atoms with Gasteiger partial charge in [-0.05, 0) is 36.6 Å². The van der Waals surface area contributed by atoms with E-state index in [1.807, 2.05) is 46.4 Å². The molecule has 8 heteroatoms. The first kappa shape index (κ1) is 18.8. The zero-order valence-corrected chi connectivity index (χ0v) is 17.7. The van der Waals surface area contributed by atoms with Crippen LogP contribution in [0.3, 0.4) is 0 Å². The Morgan fingerprint density at radius 3 is 2.38 bits per heavy atom. The Bertz CT molecular complexity index is 912. The molecule has 1 unspecified atom stereocenters. The van der Waals surface area contributed by atoms with Crippen LogP contribution in [-0.4, -0.2) is 79.4 Å². The number of hydrogen-bond acceptors (Lipinski definition) is 5. The number of aryl methyl sites for hydroxylation is 1. The van der Waals surface area contributed by atoms with Crippen molar-refractivity contribution in [3.8, 4) is 11.3 Å². The van der Waals surface area contributed by atoms with E-state index in [1.165, 1.54) is 19.3 Å². The van der Waals surface area contributed by atoms with Gasteiger partial charge in [0.05, 0.1) is 23.7 Å². The molecule has 2 aliphatic heterocycles. The third-order valence-corrected chi connectivity index (χ3v) is 7.76. The number of hydrogen-bond donors (Lipinski definition) is 0. The van der Waals surface area contributed by atoms with Gasteiger partial charge in [0.2, 0.25) is 5.96 Å². The molecule has 1 saturated carbocycles. The average Bonchev–Trinajstić information content (AvgIpc) is 3.36. The molecule has 29 heavy (non-hydrogen) atoms. The van der Waals surface area contributed by atoms with E-state index in [-0.39, 0.29) is 0 Å². The van der Waals surface area contributed by atoms with Gasteiger partial charge < -0.3 is 4.90 Å². The van der Waals surface area contributed by atoms with Gasteiger partial charge >= 0.3 is 0 Å². The lowest BCUT2D eigenvalue weighted by Gasteiger charge is -2.44. The normalized spacial score (nSPS) is 21.9. The van der Waals surface area contributed by atoms with E-state index in [0.29, 0.717) is 6.54 Å². The van der Waals surface area contributed by atoms with Gasteiger partial charge in [-0.25, -0.2) is 4.21 Å². The standard InChI is InChI=1S/C21H28N6OS/c1-24-20(9-10-23-24)17-5-7-19(8-6-17)29(28)27-12-11-22-21(27)26-15-13-25(14-16-26)18-3-2-4-18/h5-10,18H,2-4,11-16H2,1H3. The smallest absolute Gasteiger partial charge is 0.209 e. The summed E-state index contributed by atoms with van der Waals surface area (Å²) in [5, 5.41) is 4.22. The predicted molar refractivity (Wildman–Crippen MR) is 115 cm³/mol. The van der Waals surface area contributed by atoms with E-state index in [9.17, 15) is 4.21 Å². The minimum atomic E-state index is -1.23. The topological polar surface area (TPSA) is 57.0 Å². The van der Waals surface area contributed by atoms with Crippen molar-refractivity contribution in [3.05, 3.63) is 36.5 Å². The van der Waals surface area contributed by atoms with Crippen molar-refractivity contribution in [1.29, 1.82) is 0 Å². The van der Waals surface area contributed by atoms with Crippen molar-refractivity contribution in [2.75, 3.05) is 39.3 Å². The molecule has 1 atom stereocenters. The first-order valence-corrected chi connectivity index (χ1v) is 11.6. The maximum Gasteiger partial charge on any atom is 0.209 e. The van der Waals surface area contributed by atoms with Crippen molar-refractivity contribution in [2.24, 2.45) is 12.0 Å². The van der Waals surface area contributed by atoms with E-state index >= 15 is 0 Å².